The second-order valence-electron chi connectivity index (χ2n) is 3.26. The van der Waals surface area contributed by atoms with Gasteiger partial charge in [-0.15, -0.1) is 0 Å². The Morgan fingerprint density at radius 1 is 1.25 bits per heavy atom. The molecule has 0 radical (unpaired) electrons. The van der Waals surface area contributed by atoms with Crippen LogP contribution in [0.4, 0.5) is 13.2 Å². The Labute approximate surface area is 114 Å². The van der Waals surface area contributed by atoms with Gasteiger partial charge in [-0.25, -0.2) is 0 Å². The lowest BCUT2D eigenvalue weighted by Crippen LogP contribution is -2.21. The minimum absolute atomic E-state index is 0.533. The van der Waals surface area contributed by atoms with E-state index in [1.165, 1.54) is 0 Å². The molecule has 0 saturated carbocycles. The molecule has 4 nitrogen and oxygen atoms in total. The molecule has 1 N–H and O–H groups in total. The van der Waals surface area contributed by atoms with Crippen LogP contribution in [-0.4, -0.2) is 25.1 Å². The van der Waals surface area contributed by atoms with Gasteiger partial charge in [0.1, 0.15) is 12.4 Å². The largest absolute Gasteiger partial charge is 0.522 e. The first-order chi connectivity index (χ1) is 9.13. The highest BCUT2D eigenvalue weighted by atomic mass is 32.2. The Hall–Kier alpha value is -1.80. The molecule has 1 aromatic carbocycles. The molecule has 0 heterocycles. The fraction of sp³-hybridized carbons (Fsp3) is 0.167. The summed E-state index contributed by atoms with van der Waals surface area (Å²) in [6.45, 7) is 7.81. The summed E-state index contributed by atoms with van der Waals surface area (Å²) in [4.78, 5) is 0. The molecule has 0 spiro atoms. The number of para-hydroxylation sites is 1. The van der Waals surface area contributed by atoms with Crippen LogP contribution < -0.4 is 4.74 Å². The van der Waals surface area contributed by atoms with Crippen LogP contribution in [0.25, 0.3) is 6.08 Å². The maximum absolute atomic E-state index is 10.7. The molecule has 0 aliphatic rings. The van der Waals surface area contributed by atoms with Crippen molar-refractivity contribution in [2.45, 2.75) is 5.51 Å². The number of benzene rings is 1. The summed E-state index contributed by atoms with van der Waals surface area (Å²) < 4.78 is 62.9. The van der Waals surface area contributed by atoms with Crippen molar-refractivity contribution in [2.75, 3.05) is 6.61 Å². The van der Waals surface area contributed by atoms with Crippen LogP contribution in [0.5, 0.6) is 5.75 Å². The minimum atomic E-state index is -5.84. The smallest absolute Gasteiger partial charge is 0.489 e. The monoisotopic (exact) mass is 310 g/mol. The van der Waals surface area contributed by atoms with Crippen molar-refractivity contribution in [1.29, 1.82) is 0 Å². The highest BCUT2D eigenvalue weighted by Crippen LogP contribution is 2.20. The van der Waals surface area contributed by atoms with E-state index in [1.807, 2.05) is 24.3 Å². The number of alkyl halides is 3. The topological polar surface area (TPSA) is 63.6 Å². The molecular formula is C12H13F3O4S. The van der Waals surface area contributed by atoms with Crippen molar-refractivity contribution in [3.63, 3.8) is 0 Å². The van der Waals surface area contributed by atoms with Crippen molar-refractivity contribution in [3.05, 3.63) is 49.1 Å². The zero-order valence-electron chi connectivity index (χ0n) is 10.3. The van der Waals surface area contributed by atoms with E-state index < -0.39 is 15.6 Å². The lowest BCUT2D eigenvalue weighted by molar-refractivity contribution is -0.0510. The van der Waals surface area contributed by atoms with E-state index in [1.54, 1.807) is 12.2 Å². The number of ether oxygens (including phenoxy) is 1. The highest BCUT2D eigenvalue weighted by molar-refractivity contribution is 7.86. The van der Waals surface area contributed by atoms with Crippen LogP contribution in [0.2, 0.25) is 0 Å². The van der Waals surface area contributed by atoms with Crippen molar-refractivity contribution >= 4 is 16.2 Å². The standard InChI is InChI=1S/C11H12O.CHF3O3S/c1-3-9-12-11-8-6-5-7-10(11)4-2;2-1(3,4)8(5,6)7/h3-8H,1-2,9H2;(H,5,6,7). The van der Waals surface area contributed by atoms with E-state index in [4.69, 9.17) is 17.7 Å². The van der Waals surface area contributed by atoms with Crippen LogP contribution in [-0.2, 0) is 10.1 Å². The van der Waals surface area contributed by atoms with Gasteiger partial charge in [0.05, 0.1) is 0 Å². The predicted molar refractivity (Wildman–Crippen MR) is 69.8 cm³/mol. The third kappa shape index (κ3) is 6.39. The molecule has 0 bridgehead atoms. The van der Waals surface area contributed by atoms with Crippen molar-refractivity contribution < 1.29 is 30.9 Å². The number of hydrogen-bond acceptors (Lipinski definition) is 3. The molecule has 0 saturated heterocycles. The van der Waals surface area contributed by atoms with Gasteiger partial charge in [0.2, 0.25) is 0 Å². The van der Waals surface area contributed by atoms with Crippen LogP contribution in [0.15, 0.2) is 43.5 Å². The van der Waals surface area contributed by atoms with Gasteiger partial charge in [0, 0.05) is 5.56 Å². The lowest BCUT2D eigenvalue weighted by Gasteiger charge is -2.05. The summed E-state index contributed by atoms with van der Waals surface area (Å²) in [5.74, 6) is 0.854. The molecule has 1 rings (SSSR count). The second-order valence-corrected chi connectivity index (χ2v) is 4.68. The summed E-state index contributed by atoms with van der Waals surface area (Å²) in [6.07, 6.45) is 3.50. The quantitative estimate of drug-likeness (QED) is 0.526. The van der Waals surface area contributed by atoms with Crippen LogP contribution in [0, 0.1) is 0 Å². The SMILES string of the molecule is C=CCOc1ccccc1C=C.O=S(=O)(O)C(F)(F)F. The Balaban J connectivity index is 0.000000396. The molecule has 112 valence electrons. The second kappa shape index (κ2) is 7.71. The Kier molecular flexibility index (Phi) is 7.01. The molecule has 0 aliphatic heterocycles. The third-order valence-electron chi connectivity index (χ3n) is 1.79. The first-order valence-corrected chi connectivity index (χ1v) is 6.56. The van der Waals surface area contributed by atoms with Gasteiger partial charge in [-0.05, 0) is 6.07 Å². The van der Waals surface area contributed by atoms with Crippen LogP contribution in [0.3, 0.4) is 0 Å². The highest BCUT2D eigenvalue weighted by Gasteiger charge is 2.44. The van der Waals surface area contributed by atoms with E-state index in [-0.39, 0.29) is 0 Å². The molecular weight excluding hydrogens is 297 g/mol. The Bertz CT molecular complexity index is 550. The van der Waals surface area contributed by atoms with Crippen molar-refractivity contribution in [1.82, 2.24) is 0 Å². The van der Waals surface area contributed by atoms with Gasteiger partial charge in [0.25, 0.3) is 0 Å². The third-order valence-corrected chi connectivity index (χ3v) is 2.37. The summed E-state index contributed by atoms with van der Waals surface area (Å²) in [5, 5.41) is 0. The van der Waals surface area contributed by atoms with E-state index in [2.05, 4.69) is 13.2 Å². The van der Waals surface area contributed by atoms with Gasteiger partial charge >= 0.3 is 15.6 Å². The fourth-order valence-electron chi connectivity index (χ4n) is 0.929. The molecule has 0 aliphatic carbocycles. The average Bonchev–Trinajstić information content (AvgIpc) is 2.35. The van der Waals surface area contributed by atoms with Gasteiger partial charge in [-0.2, -0.15) is 21.6 Å². The molecule has 8 heteroatoms. The van der Waals surface area contributed by atoms with E-state index in [9.17, 15) is 13.2 Å². The van der Waals surface area contributed by atoms with Crippen LogP contribution >= 0.6 is 0 Å². The van der Waals surface area contributed by atoms with E-state index in [0.717, 1.165) is 11.3 Å². The van der Waals surface area contributed by atoms with Crippen molar-refractivity contribution in [3.8, 4) is 5.75 Å². The molecule has 1 aromatic rings. The summed E-state index contributed by atoms with van der Waals surface area (Å²) in [6, 6.07) is 7.77. The summed E-state index contributed by atoms with van der Waals surface area (Å²) in [5.41, 5.74) is -4.52. The van der Waals surface area contributed by atoms with Gasteiger partial charge < -0.3 is 4.74 Å². The lowest BCUT2D eigenvalue weighted by atomic mass is 10.2. The first-order valence-electron chi connectivity index (χ1n) is 5.12. The molecule has 0 aromatic heterocycles. The molecule has 0 unspecified atom stereocenters. The van der Waals surface area contributed by atoms with Crippen LogP contribution in [0.1, 0.15) is 5.56 Å². The average molecular weight is 310 g/mol. The van der Waals surface area contributed by atoms with E-state index >= 15 is 0 Å². The summed E-state index contributed by atoms with van der Waals surface area (Å²) >= 11 is 0. The minimum Gasteiger partial charge on any atom is -0.489 e. The first kappa shape index (κ1) is 18.2. The Morgan fingerprint density at radius 3 is 2.15 bits per heavy atom. The maximum atomic E-state index is 10.7. The van der Waals surface area contributed by atoms with Crippen molar-refractivity contribution in [2.24, 2.45) is 0 Å². The molecule has 0 atom stereocenters. The molecule has 20 heavy (non-hydrogen) atoms. The fourth-order valence-corrected chi connectivity index (χ4v) is 0.929. The zero-order valence-corrected chi connectivity index (χ0v) is 11.1. The predicted octanol–water partition coefficient (Wildman–Crippen LogP) is 3.29. The zero-order chi connectivity index (χ0) is 15.8. The number of halogens is 3. The number of rotatable bonds is 4. The normalized spacial score (nSPS) is 11.0. The molecule has 0 amide bonds. The Morgan fingerprint density at radius 2 is 1.75 bits per heavy atom. The number of hydrogen-bond donors (Lipinski definition) is 1. The van der Waals surface area contributed by atoms with Gasteiger partial charge in [0.15, 0.2) is 0 Å². The summed E-state index contributed by atoms with van der Waals surface area (Å²) in [7, 11) is -5.84. The van der Waals surface area contributed by atoms with Gasteiger partial charge in [-0.3, -0.25) is 4.55 Å². The molecule has 0 fully saturated rings. The maximum Gasteiger partial charge on any atom is 0.522 e. The van der Waals surface area contributed by atoms with Gasteiger partial charge in [-0.1, -0.05) is 43.5 Å². The van der Waals surface area contributed by atoms with E-state index in [0.29, 0.717) is 6.61 Å².